The molecule has 0 saturated carbocycles. The third-order valence-corrected chi connectivity index (χ3v) is 6.11. The summed E-state index contributed by atoms with van der Waals surface area (Å²) in [5.41, 5.74) is 4.26. The molecule has 1 fully saturated rings. The quantitative estimate of drug-likeness (QED) is 0.839. The van der Waals surface area contributed by atoms with Crippen LogP contribution in [0.1, 0.15) is 55.0 Å². The highest BCUT2D eigenvalue weighted by molar-refractivity contribution is 5.26. The summed E-state index contributed by atoms with van der Waals surface area (Å²) < 4.78 is 2.13. The minimum atomic E-state index is 0.193. The van der Waals surface area contributed by atoms with Crippen LogP contribution in [0.25, 0.3) is 0 Å². The number of nitrogens with zero attached hydrogens (tertiary/aromatic N) is 2. The predicted octanol–water partition coefficient (Wildman–Crippen LogP) is 4.12. The molecule has 2 bridgehead atoms. The standard InChI is InChI=1S/C22H28N2O/c1-3-7-20-18-12-19(21-10-6-11-22(25)24(20)21)15-23(14-18)13-17-9-5-4-8-16(17)2/h4-6,8-11,18-20H,3,7,12-15H2,1-2H3/t18-,19+,20-/m0/s1. The summed E-state index contributed by atoms with van der Waals surface area (Å²) in [6, 6.07) is 14.9. The van der Waals surface area contributed by atoms with Crippen LogP contribution in [-0.2, 0) is 6.54 Å². The molecule has 4 rings (SSSR count). The Bertz CT molecular complexity index is 810. The van der Waals surface area contributed by atoms with Gasteiger partial charge in [0.25, 0.3) is 5.56 Å². The van der Waals surface area contributed by atoms with E-state index in [-0.39, 0.29) is 5.56 Å². The number of aryl methyl sites for hydroxylation is 1. The van der Waals surface area contributed by atoms with Gasteiger partial charge in [-0.2, -0.15) is 0 Å². The largest absolute Gasteiger partial charge is 0.309 e. The number of hydrogen-bond donors (Lipinski definition) is 0. The van der Waals surface area contributed by atoms with E-state index in [4.69, 9.17) is 0 Å². The van der Waals surface area contributed by atoms with E-state index in [9.17, 15) is 4.79 Å². The molecule has 3 atom stereocenters. The van der Waals surface area contributed by atoms with Gasteiger partial charge in [-0.05, 0) is 42.9 Å². The average molecular weight is 336 g/mol. The van der Waals surface area contributed by atoms with Gasteiger partial charge in [-0.1, -0.05) is 43.7 Å². The molecule has 3 nitrogen and oxygen atoms in total. The highest BCUT2D eigenvalue weighted by Gasteiger charge is 2.39. The van der Waals surface area contributed by atoms with Crippen LogP contribution in [0.5, 0.6) is 0 Å². The number of aromatic nitrogens is 1. The molecular formula is C22H28N2O. The Kier molecular flexibility index (Phi) is 4.51. The second-order valence-corrected chi connectivity index (χ2v) is 7.83. The smallest absolute Gasteiger partial charge is 0.250 e. The SMILES string of the molecule is CCC[C@H]1[C@H]2C[C@H](CN(Cc3ccccc3C)C2)c2cccc(=O)n21. The number of rotatable bonds is 4. The molecule has 2 aliphatic heterocycles. The summed E-state index contributed by atoms with van der Waals surface area (Å²) in [5.74, 6) is 1.08. The van der Waals surface area contributed by atoms with Gasteiger partial charge in [0, 0.05) is 43.4 Å². The van der Waals surface area contributed by atoms with E-state index in [1.54, 1.807) is 6.07 Å². The fraction of sp³-hybridized carbons (Fsp3) is 0.500. The Labute approximate surface area is 150 Å². The van der Waals surface area contributed by atoms with E-state index >= 15 is 0 Å². The molecule has 25 heavy (non-hydrogen) atoms. The zero-order chi connectivity index (χ0) is 17.4. The third-order valence-electron chi connectivity index (χ3n) is 6.11. The summed E-state index contributed by atoms with van der Waals surface area (Å²) >= 11 is 0. The average Bonchev–Trinajstić information content (AvgIpc) is 2.61. The Morgan fingerprint density at radius 1 is 1.08 bits per heavy atom. The molecule has 1 saturated heterocycles. The van der Waals surface area contributed by atoms with Gasteiger partial charge in [-0.25, -0.2) is 0 Å². The predicted molar refractivity (Wildman–Crippen MR) is 102 cm³/mol. The lowest BCUT2D eigenvalue weighted by atomic mass is 9.77. The van der Waals surface area contributed by atoms with Gasteiger partial charge in [0.05, 0.1) is 0 Å². The maximum Gasteiger partial charge on any atom is 0.250 e. The van der Waals surface area contributed by atoms with E-state index in [0.29, 0.717) is 17.9 Å². The lowest BCUT2D eigenvalue weighted by molar-refractivity contribution is 0.0816. The molecule has 2 aliphatic rings. The van der Waals surface area contributed by atoms with Crippen molar-refractivity contribution in [3.63, 3.8) is 0 Å². The lowest BCUT2D eigenvalue weighted by Crippen LogP contribution is -2.49. The zero-order valence-electron chi connectivity index (χ0n) is 15.3. The minimum absolute atomic E-state index is 0.193. The summed E-state index contributed by atoms with van der Waals surface area (Å²) in [4.78, 5) is 15.2. The Morgan fingerprint density at radius 3 is 2.72 bits per heavy atom. The van der Waals surface area contributed by atoms with Crippen LogP contribution >= 0.6 is 0 Å². The second-order valence-electron chi connectivity index (χ2n) is 7.83. The van der Waals surface area contributed by atoms with Crippen LogP contribution < -0.4 is 5.56 Å². The highest BCUT2D eigenvalue weighted by Crippen LogP contribution is 2.43. The maximum absolute atomic E-state index is 12.5. The fourth-order valence-corrected chi connectivity index (χ4v) is 4.96. The number of benzene rings is 1. The number of hydrogen-bond acceptors (Lipinski definition) is 2. The first-order valence-electron chi connectivity index (χ1n) is 9.65. The molecule has 0 N–H and O–H groups in total. The topological polar surface area (TPSA) is 25.2 Å². The molecule has 0 spiro atoms. The van der Waals surface area contributed by atoms with Crippen molar-refractivity contribution in [3.05, 3.63) is 69.6 Å². The molecule has 1 aromatic carbocycles. The maximum atomic E-state index is 12.5. The Balaban J connectivity index is 1.65. The van der Waals surface area contributed by atoms with Crippen molar-refractivity contribution >= 4 is 0 Å². The minimum Gasteiger partial charge on any atom is -0.309 e. The lowest BCUT2D eigenvalue weighted by Gasteiger charge is -2.47. The monoisotopic (exact) mass is 336 g/mol. The first-order chi connectivity index (χ1) is 12.2. The van der Waals surface area contributed by atoms with Crippen LogP contribution in [0.3, 0.4) is 0 Å². The Morgan fingerprint density at radius 2 is 1.92 bits per heavy atom. The van der Waals surface area contributed by atoms with Crippen LogP contribution in [-0.4, -0.2) is 22.6 Å². The second kappa shape index (κ2) is 6.80. The molecule has 3 heterocycles. The number of fused-ring (bicyclic) bond motifs is 4. The number of pyridine rings is 1. The van der Waals surface area contributed by atoms with Gasteiger partial charge < -0.3 is 4.57 Å². The summed E-state index contributed by atoms with van der Waals surface area (Å²) in [6.07, 6.45) is 3.47. The fourth-order valence-electron chi connectivity index (χ4n) is 4.96. The molecule has 132 valence electrons. The molecule has 0 radical (unpaired) electrons. The van der Waals surface area contributed by atoms with Gasteiger partial charge >= 0.3 is 0 Å². The van der Waals surface area contributed by atoms with Crippen molar-refractivity contribution < 1.29 is 0 Å². The molecule has 3 heteroatoms. The van der Waals surface area contributed by atoms with Crippen LogP contribution in [0.2, 0.25) is 0 Å². The summed E-state index contributed by atoms with van der Waals surface area (Å²) in [5, 5.41) is 0. The normalized spacial score (nSPS) is 25.6. The van der Waals surface area contributed by atoms with Gasteiger partial charge in [0.1, 0.15) is 0 Å². The van der Waals surface area contributed by atoms with Crippen LogP contribution in [0.4, 0.5) is 0 Å². The van der Waals surface area contributed by atoms with E-state index in [2.05, 4.69) is 53.6 Å². The van der Waals surface area contributed by atoms with Crippen LogP contribution in [0.15, 0.2) is 47.3 Å². The number of likely N-dealkylation sites (tertiary alicyclic amines) is 1. The number of piperidine rings is 1. The van der Waals surface area contributed by atoms with E-state index < -0.39 is 0 Å². The molecular weight excluding hydrogens is 308 g/mol. The van der Waals surface area contributed by atoms with Crippen molar-refractivity contribution in [1.82, 2.24) is 9.47 Å². The molecule has 0 amide bonds. The molecule has 1 aromatic heterocycles. The van der Waals surface area contributed by atoms with Crippen molar-refractivity contribution in [2.24, 2.45) is 5.92 Å². The van der Waals surface area contributed by atoms with E-state index in [0.717, 1.165) is 32.5 Å². The van der Waals surface area contributed by atoms with E-state index in [1.807, 2.05) is 6.07 Å². The molecule has 0 unspecified atom stereocenters. The van der Waals surface area contributed by atoms with Crippen molar-refractivity contribution in [2.45, 2.75) is 51.6 Å². The van der Waals surface area contributed by atoms with Gasteiger partial charge in [-0.15, -0.1) is 0 Å². The van der Waals surface area contributed by atoms with Gasteiger partial charge in [-0.3, -0.25) is 9.69 Å². The summed E-state index contributed by atoms with van der Waals surface area (Å²) in [7, 11) is 0. The van der Waals surface area contributed by atoms with Crippen molar-refractivity contribution in [3.8, 4) is 0 Å². The highest BCUT2D eigenvalue weighted by atomic mass is 16.1. The Hall–Kier alpha value is -1.87. The van der Waals surface area contributed by atoms with E-state index in [1.165, 1.54) is 23.2 Å². The first kappa shape index (κ1) is 16.6. The van der Waals surface area contributed by atoms with Gasteiger partial charge in [0.2, 0.25) is 0 Å². The van der Waals surface area contributed by atoms with Crippen molar-refractivity contribution in [1.29, 1.82) is 0 Å². The summed E-state index contributed by atoms with van der Waals surface area (Å²) in [6.45, 7) is 7.63. The first-order valence-corrected chi connectivity index (χ1v) is 9.65. The third kappa shape index (κ3) is 3.06. The van der Waals surface area contributed by atoms with Gasteiger partial charge in [0.15, 0.2) is 0 Å². The molecule has 0 aliphatic carbocycles. The van der Waals surface area contributed by atoms with Crippen molar-refractivity contribution in [2.75, 3.05) is 13.1 Å². The zero-order valence-corrected chi connectivity index (χ0v) is 15.3. The molecule has 2 aromatic rings. The van der Waals surface area contributed by atoms with Crippen LogP contribution in [0, 0.1) is 12.8 Å².